The second-order valence-electron chi connectivity index (χ2n) is 7.71. The number of carbonyl (C=O) groups excluding carboxylic acids is 2. The first kappa shape index (κ1) is 20.2. The van der Waals surface area contributed by atoms with Crippen molar-refractivity contribution in [3.63, 3.8) is 0 Å². The molecule has 1 saturated carbocycles. The van der Waals surface area contributed by atoms with E-state index < -0.39 is 35.5 Å². The van der Waals surface area contributed by atoms with Gasteiger partial charge in [0.25, 0.3) is 5.91 Å². The number of amides is 1. The minimum atomic E-state index is -1.23. The molecule has 7 nitrogen and oxygen atoms in total. The monoisotopic (exact) mass is 428 g/mol. The zero-order chi connectivity index (χ0) is 21.5. The summed E-state index contributed by atoms with van der Waals surface area (Å²) >= 11 is 5.98. The molecule has 0 radical (unpaired) electrons. The quantitative estimate of drug-likeness (QED) is 0.645. The van der Waals surface area contributed by atoms with E-state index in [0.29, 0.717) is 23.6 Å². The van der Waals surface area contributed by atoms with Gasteiger partial charge in [-0.3, -0.25) is 14.4 Å². The number of aliphatic hydroxyl groups is 1. The van der Waals surface area contributed by atoms with Gasteiger partial charge in [0.15, 0.2) is 11.5 Å². The van der Waals surface area contributed by atoms with Gasteiger partial charge in [-0.1, -0.05) is 43.0 Å². The van der Waals surface area contributed by atoms with Crippen LogP contribution in [-0.2, 0) is 19.9 Å². The minimum Gasteiger partial charge on any atom is -0.505 e. The van der Waals surface area contributed by atoms with Crippen LogP contribution in [0.5, 0.6) is 0 Å². The van der Waals surface area contributed by atoms with E-state index in [1.54, 1.807) is 22.8 Å². The zero-order valence-electron chi connectivity index (χ0n) is 16.2. The molecule has 4 rings (SSSR count). The number of fused-ring (bicyclic) bond motifs is 2. The van der Waals surface area contributed by atoms with E-state index in [-0.39, 0.29) is 5.57 Å². The van der Waals surface area contributed by atoms with Gasteiger partial charge in [-0.15, -0.1) is 0 Å². The zero-order valence-corrected chi connectivity index (χ0v) is 16.9. The van der Waals surface area contributed by atoms with Gasteiger partial charge < -0.3 is 20.1 Å². The van der Waals surface area contributed by atoms with Crippen LogP contribution in [-0.4, -0.2) is 39.0 Å². The predicted octanol–water partition coefficient (Wildman–Crippen LogP) is 3.52. The van der Waals surface area contributed by atoms with Crippen LogP contribution >= 0.6 is 11.6 Å². The van der Waals surface area contributed by atoms with E-state index in [1.165, 1.54) is 0 Å². The summed E-state index contributed by atoms with van der Waals surface area (Å²) in [5.41, 5.74) is 0.705. The van der Waals surface area contributed by atoms with Crippen molar-refractivity contribution in [2.75, 3.05) is 6.54 Å². The van der Waals surface area contributed by atoms with Crippen LogP contribution in [0.1, 0.15) is 37.8 Å². The van der Waals surface area contributed by atoms with Crippen LogP contribution in [0.3, 0.4) is 0 Å². The number of carboxylic acids is 1. The Kier molecular flexibility index (Phi) is 5.15. The first-order valence-electron chi connectivity index (χ1n) is 9.81. The van der Waals surface area contributed by atoms with Crippen molar-refractivity contribution in [2.45, 2.75) is 37.6 Å². The molecule has 2 heterocycles. The number of Topliss-reactive ketones (excluding diaryl/α,β-unsaturated/α-hetero) is 1. The highest BCUT2D eigenvalue weighted by Crippen LogP contribution is 2.45. The Balaban J connectivity index is 1.85. The fourth-order valence-corrected chi connectivity index (χ4v) is 4.56. The second kappa shape index (κ2) is 7.65. The van der Waals surface area contributed by atoms with Gasteiger partial charge in [0.05, 0.1) is 5.69 Å². The highest BCUT2D eigenvalue weighted by atomic mass is 35.5. The highest BCUT2D eigenvalue weighted by Gasteiger charge is 2.49. The van der Waals surface area contributed by atoms with E-state index >= 15 is 0 Å². The molecule has 0 bridgehead atoms. The molecular formula is C22H21ClN2O5. The largest absolute Gasteiger partial charge is 0.505 e. The van der Waals surface area contributed by atoms with Gasteiger partial charge in [-0.25, -0.2) is 0 Å². The SMILES string of the molecule is O=C(O)CNC(=O)C1=C(O)c2cc(-c3ccc(Cl)cc3)cn2C2(CCCCC2)C1=O. The Morgan fingerprint density at radius 1 is 1.10 bits per heavy atom. The minimum absolute atomic E-state index is 0.369. The molecule has 3 N–H and O–H groups in total. The maximum absolute atomic E-state index is 13.5. The van der Waals surface area contributed by atoms with Crippen LogP contribution in [0.25, 0.3) is 16.9 Å². The average Bonchev–Trinajstić information content (AvgIpc) is 3.19. The second-order valence-corrected chi connectivity index (χ2v) is 8.15. The molecule has 1 aliphatic carbocycles. The lowest BCUT2D eigenvalue weighted by Gasteiger charge is -2.41. The van der Waals surface area contributed by atoms with Crippen molar-refractivity contribution < 1.29 is 24.6 Å². The summed E-state index contributed by atoms with van der Waals surface area (Å²) in [6.45, 7) is -0.632. The fourth-order valence-electron chi connectivity index (χ4n) is 4.44. The van der Waals surface area contributed by atoms with E-state index in [9.17, 15) is 19.5 Å². The van der Waals surface area contributed by atoms with Gasteiger partial charge >= 0.3 is 5.97 Å². The van der Waals surface area contributed by atoms with Crippen molar-refractivity contribution in [3.05, 3.63) is 52.8 Å². The number of hydrogen-bond acceptors (Lipinski definition) is 4. The van der Waals surface area contributed by atoms with Crippen molar-refractivity contribution >= 4 is 35.0 Å². The van der Waals surface area contributed by atoms with Crippen LogP contribution in [0.2, 0.25) is 5.02 Å². The van der Waals surface area contributed by atoms with E-state index in [4.69, 9.17) is 16.7 Å². The van der Waals surface area contributed by atoms with Gasteiger partial charge in [-0.2, -0.15) is 0 Å². The Morgan fingerprint density at radius 2 is 1.77 bits per heavy atom. The fraction of sp³-hybridized carbons (Fsp3) is 0.318. The number of hydrogen-bond donors (Lipinski definition) is 3. The number of carbonyl (C=O) groups is 3. The number of aromatic nitrogens is 1. The molecule has 1 aliphatic heterocycles. The van der Waals surface area contributed by atoms with Gasteiger partial charge in [0, 0.05) is 16.8 Å². The van der Waals surface area contributed by atoms with E-state index in [0.717, 1.165) is 30.4 Å². The number of nitrogens with zero attached hydrogens (tertiary/aromatic N) is 1. The molecule has 156 valence electrons. The molecule has 0 unspecified atom stereocenters. The Morgan fingerprint density at radius 3 is 2.40 bits per heavy atom. The number of benzene rings is 1. The molecule has 0 atom stereocenters. The van der Waals surface area contributed by atoms with Crippen LogP contribution in [0.4, 0.5) is 0 Å². The van der Waals surface area contributed by atoms with E-state index in [1.807, 2.05) is 18.3 Å². The summed E-state index contributed by atoms with van der Waals surface area (Å²) in [7, 11) is 0. The number of rotatable bonds is 4. The van der Waals surface area contributed by atoms with Crippen molar-refractivity contribution in [3.8, 4) is 11.1 Å². The Labute approximate surface area is 178 Å². The topological polar surface area (TPSA) is 109 Å². The lowest BCUT2D eigenvalue weighted by molar-refractivity contribution is -0.138. The molecule has 2 aromatic rings. The molecule has 1 amide bonds. The molecule has 1 fully saturated rings. The first-order chi connectivity index (χ1) is 14.3. The lowest BCUT2D eigenvalue weighted by atomic mass is 9.74. The summed E-state index contributed by atoms with van der Waals surface area (Å²) in [6.07, 6.45) is 5.58. The highest BCUT2D eigenvalue weighted by molar-refractivity contribution is 6.30. The Bertz CT molecular complexity index is 1060. The Hall–Kier alpha value is -3.06. The smallest absolute Gasteiger partial charge is 0.322 e. The summed E-state index contributed by atoms with van der Waals surface area (Å²) in [5.74, 6) is -2.99. The number of carboxylic acid groups (broad SMARTS) is 1. The number of nitrogens with one attached hydrogen (secondary N) is 1. The van der Waals surface area contributed by atoms with Crippen molar-refractivity contribution in [1.29, 1.82) is 0 Å². The predicted molar refractivity (Wildman–Crippen MR) is 111 cm³/mol. The van der Waals surface area contributed by atoms with Crippen LogP contribution in [0.15, 0.2) is 42.1 Å². The summed E-state index contributed by atoms with van der Waals surface area (Å²) in [4.78, 5) is 37.0. The molecule has 2 aliphatic rings. The molecule has 1 aromatic heterocycles. The van der Waals surface area contributed by atoms with Crippen molar-refractivity contribution in [1.82, 2.24) is 9.88 Å². The number of aliphatic hydroxyl groups excluding tert-OH is 1. The first-order valence-corrected chi connectivity index (χ1v) is 10.2. The summed E-state index contributed by atoms with van der Waals surface area (Å²) in [6, 6.07) is 8.96. The molecule has 8 heteroatoms. The summed E-state index contributed by atoms with van der Waals surface area (Å²) < 4.78 is 1.79. The van der Waals surface area contributed by atoms with Crippen molar-refractivity contribution in [2.24, 2.45) is 0 Å². The molecule has 1 aromatic carbocycles. The third-order valence-electron chi connectivity index (χ3n) is 5.90. The van der Waals surface area contributed by atoms with E-state index in [2.05, 4.69) is 5.32 Å². The average molecular weight is 429 g/mol. The lowest BCUT2D eigenvalue weighted by Crippen LogP contribution is -2.50. The number of halogens is 1. The van der Waals surface area contributed by atoms with Gasteiger partial charge in [0.1, 0.15) is 17.7 Å². The summed E-state index contributed by atoms with van der Waals surface area (Å²) in [5, 5.41) is 22.5. The van der Waals surface area contributed by atoms with Crippen LogP contribution in [0, 0.1) is 0 Å². The molecule has 30 heavy (non-hydrogen) atoms. The molecular weight excluding hydrogens is 408 g/mol. The number of aliphatic carboxylic acids is 1. The van der Waals surface area contributed by atoms with Gasteiger partial charge in [-0.05, 0) is 36.6 Å². The third kappa shape index (κ3) is 3.29. The van der Waals surface area contributed by atoms with Crippen LogP contribution < -0.4 is 5.32 Å². The maximum Gasteiger partial charge on any atom is 0.322 e. The van der Waals surface area contributed by atoms with Gasteiger partial charge in [0.2, 0.25) is 0 Å². The maximum atomic E-state index is 13.5. The number of ketones is 1. The normalized spacial score (nSPS) is 17.7. The standard InChI is InChI=1S/C22H21ClN2O5/c23-15-6-4-13(5-7-15)14-10-16-19(28)18(21(30)24-11-17(26)27)20(29)22(25(16)12-14)8-2-1-3-9-22/h4-7,10,12,28H,1-3,8-9,11H2,(H,24,30)(H,26,27). The molecule has 0 saturated heterocycles. The molecule has 1 spiro atoms. The third-order valence-corrected chi connectivity index (χ3v) is 6.15.